The highest BCUT2D eigenvalue weighted by Crippen LogP contribution is 2.24. The number of hydrogen-bond acceptors (Lipinski definition) is 4. The van der Waals surface area contributed by atoms with Gasteiger partial charge in [-0.3, -0.25) is 9.59 Å². The molecule has 1 heterocycles. The van der Waals surface area contributed by atoms with Crippen molar-refractivity contribution in [2.24, 2.45) is 5.92 Å². The van der Waals surface area contributed by atoms with Gasteiger partial charge in [-0.2, -0.15) is 0 Å². The third-order valence-electron chi connectivity index (χ3n) is 2.83. The number of aliphatic carboxylic acids is 1. The van der Waals surface area contributed by atoms with Crippen molar-refractivity contribution in [3.63, 3.8) is 0 Å². The second kappa shape index (κ2) is 6.54. The van der Waals surface area contributed by atoms with Gasteiger partial charge in [0.1, 0.15) is 12.1 Å². The molecule has 112 valence electrons. The maximum atomic E-state index is 12.6. The van der Waals surface area contributed by atoms with Crippen molar-refractivity contribution in [1.29, 1.82) is 0 Å². The fourth-order valence-corrected chi connectivity index (χ4v) is 2.02. The van der Waals surface area contributed by atoms with Gasteiger partial charge in [-0.25, -0.2) is 0 Å². The quantitative estimate of drug-likeness (QED) is 0.865. The van der Waals surface area contributed by atoms with E-state index in [0.29, 0.717) is 23.6 Å². The van der Waals surface area contributed by atoms with Gasteiger partial charge >= 0.3 is 5.97 Å². The number of carboxylic acid groups (broad SMARTS) is 1. The Bertz CT molecular complexity index is 491. The van der Waals surface area contributed by atoms with Crippen LogP contribution < -0.4 is 0 Å². The Morgan fingerprint density at radius 3 is 2.35 bits per heavy atom. The number of carboxylic acids is 1. The van der Waals surface area contributed by atoms with Crippen LogP contribution in [0.3, 0.4) is 0 Å². The van der Waals surface area contributed by atoms with Gasteiger partial charge in [0, 0.05) is 12.5 Å². The van der Waals surface area contributed by atoms with E-state index in [1.165, 1.54) is 4.90 Å². The lowest BCUT2D eigenvalue weighted by Crippen LogP contribution is -2.38. The zero-order valence-corrected chi connectivity index (χ0v) is 12.6. The summed E-state index contributed by atoms with van der Waals surface area (Å²) >= 11 is 0. The Hall–Kier alpha value is -1.85. The number of amides is 1. The SMILES string of the molecule is Cc1noc(C(C)C)c1C(=O)N(CC(=O)O)CC(C)C. The van der Waals surface area contributed by atoms with E-state index in [-0.39, 0.29) is 24.3 Å². The van der Waals surface area contributed by atoms with E-state index in [1.807, 2.05) is 27.7 Å². The highest BCUT2D eigenvalue weighted by atomic mass is 16.5. The van der Waals surface area contributed by atoms with Crippen molar-refractivity contribution in [2.45, 2.75) is 40.5 Å². The van der Waals surface area contributed by atoms with E-state index in [9.17, 15) is 9.59 Å². The summed E-state index contributed by atoms with van der Waals surface area (Å²) in [5, 5.41) is 12.8. The van der Waals surface area contributed by atoms with E-state index >= 15 is 0 Å². The third-order valence-corrected chi connectivity index (χ3v) is 2.83. The van der Waals surface area contributed by atoms with Crippen LogP contribution in [0.4, 0.5) is 0 Å². The second-order valence-corrected chi connectivity index (χ2v) is 5.64. The Morgan fingerprint density at radius 1 is 1.30 bits per heavy atom. The first-order valence-corrected chi connectivity index (χ1v) is 6.71. The number of carbonyl (C=O) groups is 2. The van der Waals surface area contributed by atoms with Gasteiger partial charge in [0.2, 0.25) is 0 Å². The lowest BCUT2D eigenvalue weighted by Gasteiger charge is -2.23. The molecule has 1 N–H and O–H groups in total. The molecule has 1 aromatic heterocycles. The summed E-state index contributed by atoms with van der Waals surface area (Å²) in [5.74, 6) is -0.656. The van der Waals surface area contributed by atoms with Crippen LogP contribution in [0.1, 0.15) is 55.4 Å². The highest BCUT2D eigenvalue weighted by molar-refractivity contribution is 5.97. The minimum atomic E-state index is -1.03. The molecule has 0 saturated heterocycles. The molecule has 0 spiro atoms. The van der Waals surface area contributed by atoms with Gasteiger partial charge in [-0.05, 0) is 12.8 Å². The number of aromatic nitrogens is 1. The van der Waals surface area contributed by atoms with Crippen LogP contribution in [0.5, 0.6) is 0 Å². The maximum Gasteiger partial charge on any atom is 0.323 e. The molecule has 20 heavy (non-hydrogen) atoms. The molecule has 0 aliphatic carbocycles. The molecule has 6 heteroatoms. The lowest BCUT2D eigenvalue weighted by molar-refractivity contribution is -0.137. The van der Waals surface area contributed by atoms with E-state index < -0.39 is 5.97 Å². The van der Waals surface area contributed by atoms with Crippen molar-refractivity contribution in [2.75, 3.05) is 13.1 Å². The Morgan fingerprint density at radius 2 is 1.90 bits per heavy atom. The number of hydrogen-bond donors (Lipinski definition) is 1. The van der Waals surface area contributed by atoms with Gasteiger partial charge < -0.3 is 14.5 Å². The average Bonchev–Trinajstić information content (AvgIpc) is 2.68. The van der Waals surface area contributed by atoms with Crippen molar-refractivity contribution in [3.8, 4) is 0 Å². The normalized spacial score (nSPS) is 11.2. The molecule has 0 unspecified atom stereocenters. The second-order valence-electron chi connectivity index (χ2n) is 5.64. The molecular formula is C14H22N2O4. The molecule has 1 amide bonds. The fraction of sp³-hybridized carbons (Fsp3) is 0.643. The van der Waals surface area contributed by atoms with Crippen LogP contribution >= 0.6 is 0 Å². The van der Waals surface area contributed by atoms with E-state index in [2.05, 4.69) is 5.16 Å². The summed E-state index contributed by atoms with van der Waals surface area (Å²) in [6.07, 6.45) is 0. The largest absolute Gasteiger partial charge is 0.480 e. The Balaban J connectivity index is 3.11. The summed E-state index contributed by atoms with van der Waals surface area (Å²) in [5.41, 5.74) is 0.889. The lowest BCUT2D eigenvalue weighted by atomic mass is 10.0. The smallest absolute Gasteiger partial charge is 0.323 e. The summed E-state index contributed by atoms with van der Waals surface area (Å²) in [7, 11) is 0. The molecule has 1 aromatic rings. The van der Waals surface area contributed by atoms with E-state index in [0.717, 1.165) is 0 Å². The fourth-order valence-electron chi connectivity index (χ4n) is 2.02. The van der Waals surface area contributed by atoms with Gasteiger partial charge in [-0.15, -0.1) is 0 Å². The van der Waals surface area contributed by atoms with Gasteiger partial charge in [-0.1, -0.05) is 32.9 Å². The Kier molecular flexibility index (Phi) is 5.30. The van der Waals surface area contributed by atoms with Gasteiger partial charge in [0.05, 0.1) is 5.69 Å². The molecule has 0 bridgehead atoms. The number of rotatable bonds is 6. The predicted octanol–water partition coefficient (Wildman–Crippen LogP) is 2.29. The van der Waals surface area contributed by atoms with E-state index in [1.54, 1.807) is 6.92 Å². The van der Waals surface area contributed by atoms with Gasteiger partial charge in [0.25, 0.3) is 5.91 Å². The number of aryl methyl sites for hydroxylation is 1. The summed E-state index contributed by atoms with van der Waals surface area (Å²) in [6, 6.07) is 0. The number of carbonyl (C=O) groups excluding carboxylic acids is 1. The van der Waals surface area contributed by atoms with Crippen LogP contribution in [-0.4, -0.2) is 40.1 Å². The van der Waals surface area contributed by atoms with Crippen molar-refractivity contribution in [3.05, 3.63) is 17.0 Å². The molecule has 0 fully saturated rings. The summed E-state index contributed by atoms with van der Waals surface area (Å²) in [6.45, 7) is 9.43. The van der Waals surface area contributed by atoms with Crippen LogP contribution in [0.15, 0.2) is 4.52 Å². The molecule has 0 radical (unpaired) electrons. The van der Waals surface area contributed by atoms with Crippen molar-refractivity contribution in [1.82, 2.24) is 10.1 Å². The van der Waals surface area contributed by atoms with Crippen LogP contribution in [-0.2, 0) is 4.79 Å². The van der Waals surface area contributed by atoms with E-state index in [4.69, 9.17) is 9.63 Å². The van der Waals surface area contributed by atoms with Crippen LogP contribution in [0.25, 0.3) is 0 Å². The van der Waals surface area contributed by atoms with Crippen LogP contribution in [0.2, 0.25) is 0 Å². The zero-order chi connectivity index (χ0) is 15.4. The Labute approximate surface area is 118 Å². The maximum absolute atomic E-state index is 12.6. The summed E-state index contributed by atoms with van der Waals surface area (Å²) in [4.78, 5) is 24.9. The molecule has 0 aliphatic heterocycles. The molecule has 1 rings (SSSR count). The minimum absolute atomic E-state index is 0.0147. The number of nitrogens with zero attached hydrogens (tertiary/aromatic N) is 2. The molecule has 0 aromatic carbocycles. The van der Waals surface area contributed by atoms with Crippen molar-refractivity contribution >= 4 is 11.9 Å². The highest BCUT2D eigenvalue weighted by Gasteiger charge is 2.28. The third kappa shape index (κ3) is 3.82. The molecule has 6 nitrogen and oxygen atoms in total. The monoisotopic (exact) mass is 282 g/mol. The summed E-state index contributed by atoms with van der Waals surface area (Å²) < 4.78 is 5.19. The first-order chi connectivity index (χ1) is 9.23. The minimum Gasteiger partial charge on any atom is -0.480 e. The first-order valence-electron chi connectivity index (χ1n) is 6.71. The topological polar surface area (TPSA) is 83.6 Å². The van der Waals surface area contributed by atoms with Crippen molar-refractivity contribution < 1.29 is 19.2 Å². The molecule has 0 aliphatic rings. The van der Waals surface area contributed by atoms with Crippen LogP contribution in [0, 0.1) is 12.8 Å². The predicted molar refractivity (Wildman–Crippen MR) is 73.7 cm³/mol. The standard InChI is InChI=1S/C14H22N2O4/c1-8(2)6-16(7-11(17)18)14(19)12-10(5)15-20-13(12)9(3)4/h8-9H,6-7H2,1-5H3,(H,17,18). The molecule has 0 saturated carbocycles. The molecular weight excluding hydrogens is 260 g/mol. The first kappa shape index (κ1) is 16.2. The molecule has 0 atom stereocenters. The van der Waals surface area contributed by atoms with Gasteiger partial charge in [0.15, 0.2) is 5.76 Å². The zero-order valence-electron chi connectivity index (χ0n) is 12.6. The average molecular weight is 282 g/mol.